The molecule has 25 heavy (non-hydrogen) atoms. The van der Waals surface area contributed by atoms with E-state index >= 15 is 0 Å². The zero-order chi connectivity index (χ0) is 17.4. The topological polar surface area (TPSA) is 56.1 Å². The molecule has 0 amide bonds. The first kappa shape index (κ1) is 15.0. The van der Waals surface area contributed by atoms with Crippen molar-refractivity contribution in [2.24, 2.45) is 0 Å². The van der Waals surface area contributed by atoms with Gasteiger partial charge in [-0.05, 0) is 18.2 Å². The molecule has 0 unspecified atom stereocenters. The molecule has 0 atom stereocenters. The Morgan fingerprint density at radius 1 is 0.760 bits per heavy atom. The fourth-order valence-electron chi connectivity index (χ4n) is 3.25. The summed E-state index contributed by atoms with van der Waals surface area (Å²) < 4.78 is 1.52. The summed E-state index contributed by atoms with van der Waals surface area (Å²) >= 11 is 0. The number of aromatic nitrogens is 1. The monoisotopic (exact) mass is 327 g/mol. The summed E-state index contributed by atoms with van der Waals surface area (Å²) in [6.07, 6.45) is 1.28. The summed E-state index contributed by atoms with van der Waals surface area (Å²) in [5.41, 5.74) is 2.19. The lowest BCUT2D eigenvalue weighted by atomic mass is 10.0. The molecule has 0 radical (unpaired) electrons. The second-order valence-electron chi connectivity index (χ2n) is 5.72. The van der Waals surface area contributed by atoms with Gasteiger partial charge in [-0.25, -0.2) is 0 Å². The van der Waals surface area contributed by atoms with Gasteiger partial charge in [0.15, 0.2) is 12.6 Å². The Morgan fingerprint density at radius 3 is 2.20 bits per heavy atom. The van der Waals surface area contributed by atoms with Crippen LogP contribution in [0.4, 0.5) is 0 Å². The third-order valence-electron chi connectivity index (χ3n) is 4.38. The average molecular weight is 327 g/mol. The van der Waals surface area contributed by atoms with E-state index in [4.69, 9.17) is 0 Å². The van der Waals surface area contributed by atoms with Crippen molar-refractivity contribution in [1.82, 2.24) is 4.57 Å². The highest BCUT2D eigenvalue weighted by Crippen LogP contribution is 2.32. The lowest BCUT2D eigenvalue weighted by Crippen LogP contribution is -2.13. The highest BCUT2D eigenvalue weighted by Gasteiger charge is 2.21. The lowest BCUT2D eigenvalue weighted by molar-refractivity contribution is 0.0969. The quantitative estimate of drug-likeness (QED) is 0.532. The lowest BCUT2D eigenvalue weighted by Gasteiger charge is -2.08. The average Bonchev–Trinajstić information content (AvgIpc) is 3.01. The van der Waals surface area contributed by atoms with Crippen molar-refractivity contribution in [3.05, 3.63) is 83.4 Å². The summed E-state index contributed by atoms with van der Waals surface area (Å²) in [5, 5.41) is 1.63. The highest BCUT2D eigenvalue weighted by molar-refractivity contribution is 6.20. The van der Waals surface area contributed by atoms with E-state index in [9.17, 15) is 14.4 Å². The number of fused-ring (bicyclic) bond motifs is 3. The van der Waals surface area contributed by atoms with Crippen LogP contribution in [-0.4, -0.2) is 23.0 Å². The van der Waals surface area contributed by atoms with Gasteiger partial charge in [-0.3, -0.25) is 19.0 Å². The maximum atomic E-state index is 13.2. The number of hydrogen-bond donors (Lipinski definition) is 0. The molecule has 120 valence electrons. The maximum absolute atomic E-state index is 13.2. The molecule has 3 aromatic carbocycles. The van der Waals surface area contributed by atoms with Crippen LogP contribution in [-0.2, 0) is 0 Å². The normalized spacial score (nSPS) is 10.9. The summed E-state index contributed by atoms with van der Waals surface area (Å²) in [5.74, 6) is -0.238. The Balaban J connectivity index is 2.19. The van der Waals surface area contributed by atoms with Gasteiger partial charge in [0.05, 0.1) is 11.0 Å². The van der Waals surface area contributed by atoms with Crippen molar-refractivity contribution in [3.8, 4) is 0 Å². The first-order chi connectivity index (χ1) is 12.3. The van der Waals surface area contributed by atoms with Crippen LogP contribution in [0.25, 0.3) is 21.8 Å². The molecule has 4 nitrogen and oxygen atoms in total. The zero-order valence-electron chi connectivity index (χ0n) is 13.2. The summed E-state index contributed by atoms with van der Waals surface area (Å²) in [6, 6.07) is 19.7. The zero-order valence-corrected chi connectivity index (χ0v) is 13.2. The van der Waals surface area contributed by atoms with E-state index in [-0.39, 0.29) is 17.0 Å². The molecule has 4 aromatic rings. The van der Waals surface area contributed by atoms with E-state index < -0.39 is 0 Å². The number of para-hydroxylation sites is 1. The van der Waals surface area contributed by atoms with Crippen LogP contribution < -0.4 is 0 Å². The van der Waals surface area contributed by atoms with Crippen LogP contribution in [0.5, 0.6) is 0 Å². The highest BCUT2D eigenvalue weighted by atomic mass is 16.2. The molecule has 4 heteroatoms. The van der Waals surface area contributed by atoms with Crippen molar-refractivity contribution < 1.29 is 14.4 Å². The van der Waals surface area contributed by atoms with Gasteiger partial charge in [0.2, 0.25) is 0 Å². The van der Waals surface area contributed by atoms with E-state index in [1.807, 2.05) is 30.3 Å². The second-order valence-corrected chi connectivity index (χ2v) is 5.72. The molecule has 0 fully saturated rings. The molecule has 0 saturated heterocycles. The van der Waals surface area contributed by atoms with Gasteiger partial charge in [0.25, 0.3) is 5.91 Å². The molecule has 1 aromatic heterocycles. The Morgan fingerprint density at radius 2 is 1.48 bits per heavy atom. The molecule has 0 bridgehead atoms. The fraction of sp³-hybridized carbons (Fsp3) is 0. The second kappa shape index (κ2) is 5.83. The molecule has 0 aliphatic rings. The summed E-state index contributed by atoms with van der Waals surface area (Å²) in [7, 11) is 0. The van der Waals surface area contributed by atoms with Crippen molar-refractivity contribution in [1.29, 1.82) is 0 Å². The van der Waals surface area contributed by atoms with E-state index in [2.05, 4.69) is 0 Å². The maximum Gasteiger partial charge on any atom is 0.262 e. The minimum Gasteiger partial charge on any atom is -0.298 e. The number of carbonyl (C=O) groups is 3. The molecule has 0 saturated carbocycles. The van der Waals surface area contributed by atoms with Crippen LogP contribution in [0.15, 0.2) is 66.7 Å². The van der Waals surface area contributed by atoms with Crippen molar-refractivity contribution in [2.75, 3.05) is 0 Å². The van der Waals surface area contributed by atoms with Crippen molar-refractivity contribution >= 4 is 40.3 Å². The molecule has 1 heterocycles. The van der Waals surface area contributed by atoms with Crippen LogP contribution in [0.2, 0.25) is 0 Å². The third kappa shape index (κ3) is 2.19. The van der Waals surface area contributed by atoms with E-state index in [0.717, 1.165) is 10.8 Å². The van der Waals surface area contributed by atoms with Gasteiger partial charge in [0, 0.05) is 27.5 Å². The molecule has 0 aliphatic carbocycles. The van der Waals surface area contributed by atoms with Gasteiger partial charge >= 0.3 is 0 Å². The van der Waals surface area contributed by atoms with E-state index in [0.29, 0.717) is 29.2 Å². The van der Waals surface area contributed by atoms with Crippen molar-refractivity contribution in [3.63, 3.8) is 0 Å². The fourth-order valence-corrected chi connectivity index (χ4v) is 3.25. The van der Waals surface area contributed by atoms with Gasteiger partial charge in [0.1, 0.15) is 0 Å². The van der Waals surface area contributed by atoms with Gasteiger partial charge in [-0.2, -0.15) is 0 Å². The van der Waals surface area contributed by atoms with Crippen LogP contribution in [0, 0.1) is 0 Å². The molecule has 4 rings (SSSR count). The predicted octanol–water partition coefficient (Wildman–Crippen LogP) is 4.11. The molecule has 0 aliphatic heterocycles. The first-order valence-electron chi connectivity index (χ1n) is 7.82. The third-order valence-corrected chi connectivity index (χ3v) is 4.38. The van der Waals surface area contributed by atoms with Crippen LogP contribution >= 0.6 is 0 Å². The minimum absolute atomic E-state index is 0.230. The van der Waals surface area contributed by atoms with E-state index in [1.54, 1.807) is 36.4 Å². The first-order valence-corrected chi connectivity index (χ1v) is 7.82. The number of hydrogen-bond acceptors (Lipinski definition) is 3. The number of rotatable bonds is 3. The van der Waals surface area contributed by atoms with Crippen LogP contribution in [0.1, 0.15) is 31.1 Å². The van der Waals surface area contributed by atoms with Gasteiger partial charge in [-0.1, -0.05) is 48.5 Å². The molecular formula is C21H13NO3. The summed E-state index contributed by atoms with van der Waals surface area (Å²) in [6.45, 7) is 0. The Kier molecular flexibility index (Phi) is 3.51. The van der Waals surface area contributed by atoms with Crippen molar-refractivity contribution in [2.45, 2.75) is 0 Å². The SMILES string of the molecule is O=Cc1ccc2c3ccccc3n(C(=O)c3ccccc3)c2c1C=O. The number of benzene rings is 3. The summed E-state index contributed by atoms with van der Waals surface area (Å²) in [4.78, 5) is 36.2. The van der Waals surface area contributed by atoms with E-state index in [1.165, 1.54) is 4.57 Å². The Labute approximate surface area is 143 Å². The number of aldehydes is 2. The molecule has 0 N–H and O–H groups in total. The Bertz CT molecular complexity index is 1140. The van der Waals surface area contributed by atoms with Gasteiger partial charge in [-0.15, -0.1) is 0 Å². The predicted molar refractivity (Wildman–Crippen MR) is 96.4 cm³/mol. The van der Waals surface area contributed by atoms with Crippen LogP contribution in [0.3, 0.4) is 0 Å². The molecule has 0 spiro atoms. The largest absolute Gasteiger partial charge is 0.298 e. The Hall–Kier alpha value is -3.53. The number of carbonyl (C=O) groups excluding carboxylic acids is 3. The number of nitrogens with zero attached hydrogens (tertiary/aromatic N) is 1. The van der Waals surface area contributed by atoms with Gasteiger partial charge < -0.3 is 0 Å². The molecular weight excluding hydrogens is 314 g/mol. The smallest absolute Gasteiger partial charge is 0.262 e. The standard InChI is InChI=1S/C21H13NO3/c23-12-15-10-11-17-16-8-4-5-9-19(16)22(20(17)18(15)13-24)21(25)14-6-2-1-3-7-14/h1-13H. The minimum atomic E-state index is -0.238.